The quantitative estimate of drug-likeness (QED) is 0.844. The highest BCUT2D eigenvalue weighted by molar-refractivity contribution is 5.96. The smallest absolute Gasteiger partial charge is 0.325 e. The van der Waals surface area contributed by atoms with Gasteiger partial charge in [0, 0.05) is 23.6 Å². The van der Waals surface area contributed by atoms with Gasteiger partial charge in [-0.1, -0.05) is 6.07 Å². The van der Waals surface area contributed by atoms with Crippen molar-refractivity contribution >= 4 is 11.9 Å². The summed E-state index contributed by atoms with van der Waals surface area (Å²) >= 11 is 0. The van der Waals surface area contributed by atoms with Crippen molar-refractivity contribution < 1.29 is 14.3 Å². The minimum Gasteiger partial charge on any atom is -0.465 e. The van der Waals surface area contributed by atoms with Crippen LogP contribution in [0, 0.1) is 0 Å². The second-order valence-corrected chi connectivity index (χ2v) is 4.13. The Morgan fingerprint density at radius 3 is 2.65 bits per heavy atom. The first-order valence-corrected chi connectivity index (χ1v) is 6.38. The zero-order valence-electron chi connectivity index (χ0n) is 11.2. The first-order valence-electron chi connectivity index (χ1n) is 6.38. The van der Waals surface area contributed by atoms with E-state index in [4.69, 9.17) is 4.74 Å². The van der Waals surface area contributed by atoms with Crippen molar-refractivity contribution in [3.05, 3.63) is 54.4 Å². The van der Waals surface area contributed by atoms with Gasteiger partial charge in [0.2, 0.25) is 0 Å². The largest absolute Gasteiger partial charge is 0.465 e. The standard InChI is InChI=1S/C15H16N2O3/c1-2-20-14(18)11-16-15(19)12-6-5-7-13(10-12)17-8-3-4-9-17/h3-10H,2,11H2,1H3,(H,16,19). The van der Waals surface area contributed by atoms with Crippen LogP contribution in [0.2, 0.25) is 0 Å². The van der Waals surface area contributed by atoms with Gasteiger partial charge in [-0.05, 0) is 37.3 Å². The zero-order valence-corrected chi connectivity index (χ0v) is 11.2. The average Bonchev–Trinajstić information content (AvgIpc) is 2.99. The summed E-state index contributed by atoms with van der Waals surface area (Å²) in [5.74, 6) is -0.741. The summed E-state index contributed by atoms with van der Waals surface area (Å²) in [6.07, 6.45) is 3.80. The summed E-state index contributed by atoms with van der Waals surface area (Å²) in [5, 5.41) is 2.53. The highest BCUT2D eigenvalue weighted by Crippen LogP contribution is 2.10. The van der Waals surface area contributed by atoms with Gasteiger partial charge in [-0.2, -0.15) is 0 Å². The van der Waals surface area contributed by atoms with Gasteiger partial charge < -0.3 is 14.6 Å². The number of aromatic nitrogens is 1. The minimum atomic E-state index is -0.442. The number of carbonyl (C=O) groups excluding carboxylic acids is 2. The van der Waals surface area contributed by atoms with Gasteiger partial charge in [0.25, 0.3) is 5.91 Å². The maximum absolute atomic E-state index is 11.9. The van der Waals surface area contributed by atoms with E-state index in [0.29, 0.717) is 12.2 Å². The second-order valence-electron chi connectivity index (χ2n) is 4.13. The molecule has 0 aliphatic heterocycles. The molecule has 0 fully saturated rings. The summed E-state index contributed by atoms with van der Waals surface area (Å²) in [7, 11) is 0. The van der Waals surface area contributed by atoms with E-state index in [2.05, 4.69) is 5.32 Å². The van der Waals surface area contributed by atoms with Gasteiger partial charge in [0.05, 0.1) is 6.61 Å². The number of ether oxygens (including phenoxy) is 1. The van der Waals surface area contributed by atoms with Crippen LogP contribution >= 0.6 is 0 Å². The van der Waals surface area contributed by atoms with Crippen LogP contribution in [-0.4, -0.2) is 29.6 Å². The van der Waals surface area contributed by atoms with Gasteiger partial charge in [-0.25, -0.2) is 0 Å². The number of carbonyl (C=O) groups is 2. The van der Waals surface area contributed by atoms with E-state index in [1.165, 1.54) is 0 Å². The van der Waals surface area contributed by atoms with Crippen LogP contribution in [0.15, 0.2) is 48.8 Å². The Balaban J connectivity index is 2.03. The Morgan fingerprint density at radius 2 is 1.95 bits per heavy atom. The fourth-order valence-electron chi connectivity index (χ4n) is 1.78. The third-order valence-electron chi connectivity index (χ3n) is 2.71. The third kappa shape index (κ3) is 3.47. The average molecular weight is 272 g/mol. The normalized spacial score (nSPS) is 10.1. The van der Waals surface area contributed by atoms with Crippen molar-refractivity contribution in [3.63, 3.8) is 0 Å². The zero-order chi connectivity index (χ0) is 14.4. The van der Waals surface area contributed by atoms with E-state index in [-0.39, 0.29) is 12.5 Å². The molecular formula is C15H16N2O3. The molecule has 5 nitrogen and oxygen atoms in total. The molecular weight excluding hydrogens is 256 g/mol. The lowest BCUT2D eigenvalue weighted by Crippen LogP contribution is -2.30. The molecule has 0 bridgehead atoms. The highest BCUT2D eigenvalue weighted by atomic mass is 16.5. The molecule has 2 rings (SSSR count). The fraction of sp³-hybridized carbons (Fsp3) is 0.200. The fourth-order valence-corrected chi connectivity index (χ4v) is 1.78. The van der Waals surface area contributed by atoms with Crippen molar-refractivity contribution in [3.8, 4) is 5.69 Å². The minimum absolute atomic E-state index is 0.125. The molecule has 0 atom stereocenters. The third-order valence-corrected chi connectivity index (χ3v) is 2.71. The van der Waals surface area contributed by atoms with Crippen molar-refractivity contribution in [2.24, 2.45) is 0 Å². The van der Waals surface area contributed by atoms with Gasteiger partial charge in [0.1, 0.15) is 6.54 Å². The molecule has 0 spiro atoms. The second kappa shape index (κ2) is 6.56. The van der Waals surface area contributed by atoms with Crippen LogP contribution in [0.1, 0.15) is 17.3 Å². The maximum Gasteiger partial charge on any atom is 0.325 e. The molecule has 1 heterocycles. The molecule has 2 aromatic rings. The van der Waals surface area contributed by atoms with E-state index >= 15 is 0 Å². The molecule has 1 amide bonds. The van der Waals surface area contributed by atoms with Crippen molar-refractivity contribution in [1.29, 1.82) is 0 Å². The number of rotatable bonds is 5. The Hall–Kier alpha value is -2.56. The molecule has 104 valence electrons. The first-order chi connectivity index (χ1) is 9.70. The van der Waals surface area contributed by atoms with E-state index in [0.717, 1.165) is 5.69 Å². The van der Waals surface area contributed by atoms with Gasteiger partial charge in [-0.15, -0.1) is 0 Å². The van der Waals surface area contributed by atoms with Crippen LogP contribution in [-0.2, 0) is 9.53 Å². The Bertz CT molecular complexity index is 591. The number of amides is 1. The predicted molar refractivity (Wildman–Crippen MR) is 74.7 cm³/mol. The van der Waals surface area contributed by atoms with E-state index in [9.17, 15) is 9.59 Å². The molecule has 20 heavy (non-hydrogen) atoms. The molecule has 5 heteroatoms. The van der Waals surface area contributed by atoms with Gasteiger partial charge in [0.15, 0.2) is 0 Å². The monoisotopic (exact) mass is 272 g/mol. The number of nitrogens with zero attached hydrogens (tertiary/aromatic N) is 1. The molecule has 0 aliphatic rings. The van der Waals surface area contributed by atoms with Gasteiger partial charge in [-0.3, -0.25) is 9.59 Å². The lowest BCUT2D eigenvalue weighted by Gasteiger charge is -2.07. The molecule has 1 N–H and O–H groups in total. The molecule has 1 aromatic carbocycles. The molecule has 0 radical (unpaired) electrons. The summed E-state index contributed by atoms with van der Waals surface area (Å²) in [6, 6.07) is 11.0. The lowest BCUT2D eigenvalue weighted by molar-refractivity contribution is -0.141. The SMILES string of the molecule is CCOC(=O)CNC(=O)c1cccc(-n2cccc2)c1. The molecule has 0 aliphatic carbocycles. The van der Waals surface area contributed by atoms with E-state index in [1.54, 1.807) is 25.1 Å². The maximum atomic E-state index is 11.9. The van der Waals surface area contributed by atoms with Crippen LogP contribution in [0.3, 0.4) is 0 Å². The van der Waals surface area contributed by atoms with Crippen LogP contribution in [0.4, 0.5) is 0 Å². The molecule has 0 saturated carbocycles. The Morgan fingerprint density at radius 1 is 1.20 bits per heavy atom. The molecule has 0 unspecified atom stereocenters. The van der Waals surface area contributed by atoms with E-state index in [1.807, 2.05) is 35.2 Å². The highest BCUT2D eigenvalue weighted by Gasteiger charge is 2.09. The lowest BCUT2D eigenvalue weighted by atomic mass is 10.2. The molecule has 1 aromatic heterocycles. The Labute approximate surface area is 117 Å². The van der Waals surface area contributed by atoms with Gasteiger partial charge >= 0.3 is 5.97 Å². The van der Waals surface area contributed by atoms with Crippen molar-refractivity contribution in [1.82, 2.24) is 9.88 Å². The number of nitrogens with one attached hydrogen (secondary N) is 1. The number of esters is 1. The number of hydrogen-bond donors (Lipinski definition) is 1. The predicted octanol–water partition coefficient (Wildman–Crippen LogP) is 1.77. The Kier molecular flexibility index (Phi) is 4.55. The summed E-state index contributed by atoms with van der Waals surface area (Å²) < 4.78 is 6.66. The molecule has 0 saturated heterocycles. The van der Waals surface area contributed by atoms with E-state index < -0.39 is 5.97 Å². The van der Waals surface area contributed by atoms with Crippen molar-refractivity contribution in [2.75, 3.05) is 13.2 Å². The topological polar surface area (TPSA) is 60.3 Å². The summed E-state index contributed by atoms with van der Waals surface area (Å²) in [4.78, 5) is 23.1. The van der Waals surface area contributed by atoms with Crippen molar-refractivity contribution in [2.45, 2.75) is 6.92 Å². The summed E-state index contributed by atoms with van der Waals surface area (Å²) in [6.45, 7) is 1.90. The van der Waals surface area contributed by atoms with Crippen LogP contribution in [0.5, 0.6) is 0 Å². The van der Waals surface area contributed by atoms with Crippen LogP contribution in [0.25, 0.3) is 5.69 Å². The summed E-state index contributed by atoms with van der Waals surface area (Å²) in [5.41, 5.74) is 1.39. The number of hydrogen-bond acceptors (Lipinski definition) is 3. The first kappa shape index (κ1) is 13.9. The van der Waals surface area contributed by atoms with Crippen LogP contribution < -0.4 is 5.32 Å². The number of benzene rings is 1.